The van der Waals surface area contributed by atoms with Crippen molar-refractivity contribution in [3.63, 3.8) is 0 Å². The minimum absolute atomic E-state index is 0.00684. The van der Waals surface area contributed by atoms with Gasteiger partial charge in [0.15, 0.2) is 16.6 Å². The molecular weight excluding hydrogens is 324 g/mol. The van der Waals surface area contributed by atoms with E-state index in [0.717, 1.165) is 12.8 Å². The van der Waals surface area contributed by atoms with Gasteiger partial charge < -0.3 is 14.7 Å². The van der Waals surface area contributed by atoms with Crippen LogP contribution in [0, 0.1) is 0 Å². The first-order valence-electron chi connectivity index (χ1n) is 8.10. The monoisotopic (exact) mass is 356 g/mol. The Balaban J connectivity index is 5.19. The summed E-state index contributed by atoms with van der Waals surface area (Å²) in [6.45, 7) is 19.5. The van der Waals surface area contributed by atoms with Crippen molar-refractivity contribution in [2.45, 2.75) is 64.2 Å². The van der Waals surface area contributed by atoms with Gasteiger partial charge in [0.05, 0.1) is 0 Å². The number of rotatable bonds is 10. The van der Waals surface area contributed by atoms with Crippen molar-refractivity contribution in [3.8, 4) is 0 Å². The first-order chi connectivity index (χ1) is 10.5. The second kappa shape index (κ2) is 9.19. The Labute approximate surface area is 142 Å². The summed E-state index contributed by atoms with van der Waals surface area (Å²) in [5.74, 6) is -0.347. The molecule has 0 aromatic heterocycles. The van der Waals surface area contributed by atoms with Crippen LogP contribution < -0.4 is 10.6 Å². The molecule has 0 aliphatic carbocycles. The van der Waals surface area contributed by atoms with E-state index in [4.69, 9.17) is 4.12 Å². The molecule has 0 saturated carbocycles. The van der Waals surface area contributed by atoms with Crippen LogP contribution in [0.15, 0.2) is 25.3 Å². The van der Waals surface area contributed by atoms with E-state index in [9.17, 15) is 9.59 Å². The van der Waals surface area contributed by atoms with Gasteiger partial charge in [-0.05, 0) is 51.2 Å². The first-order valence-corrected chi connectivity index (χ1v) is 14.1. The van der Waals surface area contributed by atoms with Crippen LogP contribution >= 0.6 is 0 Å². The van der Waals surface area contributed by atoms with Gasteiger partial charge in [-0.25, -0.2) is 0 Å². The molecule has 0 aromatic carbocycles. The van der Waals surface area contributed by atoms with Crippen LogP contribution in [-0.2, 0) is 13.7 Å². The van der Waals surface area contributed by atoms with Crippen molar-refractivity contribution in [3.05, 3.63) is 25.3 Å². The fourth-order valence-electron chi connectivity index (χ4n) is 2.82. The minimum atomic E-state index is -2.18. The topological polar surface area (TPSA) is 67.4 Å². The zero-order valence-electron chi connectivity index (χ0n) is 15.4. The summed E-state index contributed by atoms with van der Waals surface area (Å²) in [5.41, 5.74) is 0.0137. The first kappa shape index (κ1) is 21.8. The molecule has 2 atom stereocenters. The van der Waals surface area contributed by atoms with Crippen LogP contribution in [-0.4, -0.2) is 39.8 Å². The average Bonchev–Trinajstić information content (AvgIpc) is 2.47. The molecule has 2 amide bonds. The molecule has 0 spiro atoms. The molecule has 0 heterocycles. The fraction of sp³-hybridized carbons (Fsp3) is 0.625. The molecule has 0 aromatic rings. The normalized spacial score (nSPS) is 14.5. The third-order valence-corrected chi connectivity index (χ3v) is 12.7. The highest BCUT2D eigenvalue weighted by atomic mass is 28.4. The van der Waals surface area contributed by atoms with Gasteiger partial charge in [-0.15, -0.1) is 0 Å². The number of hydrogen-bond donors (Lipinski definition) is 2. The lowest BCUT2D eigenvalue weighted by Crippen LogP contribution is -2.64. The molecule has 7 heteroatoms. The Bertz CT molecular complexity index is 411. The van der Waals surface area contributed by atoms with Crippen LogP contribution in [0.3, 0.4) is 0 Å². The van der Waals surface area contributed by atoms with E-state index in [0.29, 0.717) is 0 Å². The van der Waals surface area contributed by atoms with Gasteiger partial charge in [-0.2, -0.15) is 0 Å². The summed E-state index contributed by atoms with van der Waals surface area (Å²) in [5, 5.41) is 5.97. The summed E-state index contributed by atoms with van der Waals surface area (Å²) in [4.78, 5) is 23.3. The summed E-state index contributed by atoms with van der Waals surface area (Å²) in [6, 6.07) is 0. The van der Waals surface area contributed by atoms with E-state index in [2.05, 4.69) is 50.0 Å². The molecule has 0 bridgehead atoms. The zero-order chi connectivity index (χ0) is 18.3. The number of nitrogens with one attached hydrogen (secondary N) is 2. The van der Waals surface area contributed by atoms with Gasteiger partial charge in [0, 0.05) is 11.3 Å². The van der Waals surface area contributed by atoms with Crippen molar-refractivity contribution in [1.29, 1.82) is 0 Å². The highest BCUT2D eigenvalue weighted by molar-refractivity contribution is 6.86. The van der Waals surface area contributed by atoms with Crippen molar-refractivity contribution < 1.29 is 13.7 Å². The van der Waals surface area contributed by atoms with Crippen molar-refractivity contribution in [2.24, 2.45) is 0 Å². The van der Waals surface area contributed by atoms with Crippen LogP contribution in [0.5, 0.6) is 0 Å². The Morgan fingerprint density at radius 2 is 1.22 bits per heavy atom. The lowest BCUT2D eigenvalue weighted by molar-refractivity contribution is -0.117. The Hall–Kier alpha value is -1.19. The standard InChI is InChI=1S/C16H32N2O3Si2/c1-9-13(19)17-15(11-3)22(5,6)21-23(7,8)16(12-4)18-14(20)10-2/h9-10,15-16H,1-2,11-12H2,3-8H3,(H,17,19)(H,18,20). The van der Waals surface area contributed by atoms with E-state index in [-0.39, 0.29) is 23.1 Å². The van der Waals surface area contributed by atoms with Gasteiger partial charge >= 0.3 is 0 Å². The lowest BCUT2D eigenvalue weighted by atomic mass is 10.4. The molecule has 0 saturated heterocycles. The molecule has 23 heavy (non-hydrogen) atoms. The van der Waals surface area contributed by atoms with Gasteiger partial charge in [0.1, 0.15) is 0 Å². The summed E-state index contributed by atoms with van der Waals surface area (Å²) >= 11 is 0. The summed E-state index contributed by atoms with van der Waals surface area (Å²) < 4.78 is 6.60. The van der Waals surface area contributed by atoms with Crippen molar-refractivity contribution in [1.82, 2.24) is 10.6 Å². The summed E-state index contributed by atoms with van der Waals surface area (Å²) in [6.07, 6.45) is 4.18. The van der Waals surface area contributed by atoms with Gasteiger partial charge in [0.25, 0.3) is 0 Å². The van der Waals surface area contributed by atoms with Crippen LogP contribution in [0.1, 0.15) is 26.7 Å². The van der Waals surface area contributed by atoms with E-state index < -0.39 is 16.6 Å². The molecule has 132 valence electrons. The van der Waals surface area contributed by atoms with E-state index >= 15 is 0 Å². The van der Waals surface area contributed by atoms with Crippen LogP contribution in [0.4, 0.5) is 0 Å². The maximum Gasteiger partial charge on any atom is 0.243 e. The second-order valence-corrected chi connectivity index (χ2v) is 15.3. The van der Waals surface area contributed by atoms with Gasteiger partial charge in [-0.3, -0.25) is 9.59 Å². The highest BCUT2D eigenvalue weighted by Gasteiger charge is 2.43. The Morgan fingerprint density at radius 3 is 1.43 bits per heavy atom. The lowest BCUT2D eigenvalue weighted by Gasteiger charge is -2.42. The predicted octanol–water partition coefficient (Wildman–Crippen LogP) is 2.65. The van der Waals surface area contributed by atoms with E-state index in [1.165, 1.54) is 12.2 Å². The quantitative estimate of drug-likeness (QED) is 0.467. The fourth-order valence-corrected chi connectivity index (χ4v) is 12.3. The molecule has 0 rings (SSSR count). The maximum absolute atomic E-state index is 11.6. The number of carbonyl (C=O) groups is 2. The number of amides is 2. The third kappa shape index (κ3) is 6.84. The van der Waals surface area contributed by atoms with Crippen LogP contribution in [0.25, 0.3) is 0 Å². The third-order valence-electron chi connectivity index (χ3n) is 4.02. The van der Waals surface area contributed by atoms with E-state index in [1.54, 1.807) is 0 Å². The molecule has 0 radical (unpaired) electrons. The zero-order valence-corrected chi connectivity index (χ0v) is 17.4. The second-order valence-electron chi connectivity index (χ2n) is 6.66. The molecule has 2 unspecified atom stereocenters. The minimum Gasteiger partial charge on any atom is -0.453 e. The Morgan fingerprint density at radius 1 is 0.913 bits per heavy atom. The molecule has 2 N–H and O–H groups in total. The highest BCUT2D eigenvalue weighted by Crippen LogP contribution is 2.23. The van der Waals surface area contributed by atoms with Crippen LogP contribution in [0.2, 0.25) is 26.2 Å². The molecular formula is C16H32N2O3Si2. The molecule has 5 nitrogen and oxygen atoms in total. The summed E-state index contributed by atoms with van der Waals surface area (Å²) in [7, 11) is -4.37. The van der Waals surface area contributed by atoms with Crippen molar-refractivity contribution in [2.75, 3.05) is 0 Å². The molecule has 0 aliphatic rings. The largest absolute Gasteiger partial charge is 0.453 e. The Kier molecular flexibility index (Phi) is 8.72. The van der Waals surface area contributed by atoms with Gasteiger partial charge in [0.2, 0.25) is 11.8 Å². The van der Waals surface area contributed by atoms with E-state index in [1.807, 2.05) is 13.8 Å². The van der Waals surface area contributed by atoms with Gasteiger partial charge in [-0.1, -0.05) is 27.0 Å². The molecule has 0 aliphatic heterocycles. The smallest absolute Gasteiger partial charge is 0.243 e. The maximum atomic E-state index is 11.6. The number of hydrogen-bond acceptors (Lipinski definition) is 3. The number of carbonyl (C=O) groups excluding carboxylic acids is 2. The average molecular weight is 357 g/mol. The SMILES string of the molecule is C=CC(=O)NC(CC)[Si](C)(C)O[Si](C)(C)C(CC)NC(=O)C=C. The predicted molar refractivity (Wildman–Crippen MR) is 101 cm³/mol. The van der Waals surface area contributed by atoms with Crippen molar-refractivity contribution >= 4 is 28.4 Å². The molecule has 0 fully saturated rings.